The molecule has 9 heteroatoms. The van der Waals surface area contributed by atoms with Gasteiger partial charge in [0.15, 0.2) is 21.3 Å². The number of carbonyl (C=O) groups is 1. The first-order chi connectivity index (χ1) is 13.3. The predicted molar refractivity (Wildman–Crippen MR) is 108 cm³/mol. The van der Waals surface area contributed by atoms with Crippen LogP contribution in [0.15, 0.2) is 47.4 Å². The summed E-state index contributed by atoms with van der Waals surface area (Å²) in [4.78, 5) is 12.2. The molecule has 150 valence electrons. The van der Waals surface area contributed by atoms with Crippen LogP contribution in [0.4, 0.5) is 5.69 Å². The zero-order valence-electron chi connectivity index (χ0n) is 15.3. The van der Waals surface area contributed by atoms with Gasteiger partial charge in [0.2, 0.25) is 5.91 Å². The van der Waals surface area contributed by atoms with Gasteiger partial charge in [-0.2, -0.15) is 0 Å². The molecule has 2 N–H and O–H groups in total. The summed E-state index contributed by atoms with van der Waals surface area (Å²) < 4.78 is 34.1. The number of nitrogens with one attached hydrogen (secondary N) is 1. The number of methoxy groups -OCH3 is 2. The van der Waals surface area contributed by atoms with Crippen LogP contribution in [-0.4, -0.2) is 46.0 Å². The van der Waals surface area contributed by atoms with Crippen molar-refractivity contribution >= 4 is 39.1 Å². The molecule has 0 bridgehead atoms. The van der Waals surface area contributed by atoms with Gasteiger partial charge in [0.1, 0.15) is 0 Å². The highest BCUT2D eigenvalue weighted by Gasteiger charge is 2.13. The molecule has 28 heavy (non-hydrogen) atoms. The van der Waals surface area contributed by atoms with Crippen molar-refractivity contribution in [3.63, 3.8) is 0 Å². The van der Waals surface area contributed by atoms with E-state index in [1.165, 1.54) is 44.6 Å². The van der Waals surface area contributed by atoms with E-state index >= 15 is 0 Å². The molecule has 0 radical (unpaired) electrons. The Bertz CT molecular complexity index is 971. The molecule has 0 aliphatic rings. The number of anilines is 1. The van der Waals surface area contributed by atoms with E-state index in [0.29, 0.717) is 27.8 Å². The summed E-state index contributed by atoms with van der Waals surface area (Å²) in [5.41, 5.74) is 1.08. The lowest BCUT2D eigenvalue weighted by Gasteiger charge is -2.10. The van der Waals surface area contributed by atoms with Crippen LogP contribution in [0.2, 0.25) is 5.02 Å². The Hall–Kier alpha value is -2.55. The van der Waals surface area contributed by atoms with Crippen LogP contribution >= 0.6 is 11.6 Å². The Balaban J connectivity index is 2.09. The predicted octanol–water partition coefficient (Wildman–Crippen LogP) is 2.78. The molecule has 0 spiro atoms. The number of ether oxygens (including phenoxy) is 2. The second-order valence-corrected chi connectivity index (χ2v) is 8.14. The summed E-state index contributed by atoms with van der Waals surface area (Å²) in [6, 6.07) is 9.01. The molecule has 2 rings (SSSR count). The van der Waals surface area contributed by atoms with Crippen molar-refractivity contribution in [2.45, 2.75) is 4.90 Å². The highest BCUT2D eigenvalue weighted by Crippen LogP contribution is 2.36. The summed E-state index contributed by atoms with van der Waals surface area (Å²) >= 11 is 6.13. The van der Waals surface area contributed by atoms with E-state index in [-0.39, 0.29) is 10.6 Å². The first kappa shape index (κ1) is 21.7. The van der Waals surface area contributed by atoms with E-state index in [9.17, 15) is 13.2 Å². The lowest BCUT2D eigenvalue weighted by Crippen LogP contribution is -2.11. The van der Waals surface area contributed by atoms with E-state index in [1.807, 2.05) is 0 Å². The number of halogens is 1. The summed E-state index contributed by atoms with van der Waals surface area (Å²) in [6.07, 6.45) is 2.87. The average Bonchev–Trinajstić information content (AvgIpc) is 2.66. The molecule has 0 aliphatic heterocycles. The van der Waals surface area contributed by atoms with Crippen molar-refractivity contribution in [1.29, 1.82) is 0 Å². The van der Waals surface area contributed by atoms with Gasteiger partial charge in [0.25, 0.3) is 0 Å². The monoisotopic (exact) mass is 425 g/mol. The fourth-order valence-corrected chi connectivity index (χ4v) is 3.70. The van der Waals surface area contributed by atoms with E-state index in [4.69, 9.17) is 26.2 Å². The Morgan fingerprint density at radius 3 is 2.43 bits per heavy atom. The quantitative estimate of drug-likeness (QED) is 0.630. The molecule has 0 aromatic heterocycles. The third-order valence-corrected chi connectivity index (χ3v) is 5.72. The number of sulfone groups is 1. The summed E-state index contributed by atoms with van der Waals surface area (Å²) in [5.74, 6) is 0.0867. The van der Waals surface area contributed by atoms with E-state index in [2.05, 4.69) is 5.32 Å². The average molecular weight is 426 g/mol. The van der Waals surface area contributed by atoms with Crippen molar-refractivity contribution in [2.75, 3.05) is 31.9 Å². The number of aliphatic hydroxyl groups is 1. The number of hydrogen-bond donors (Lipinski definition) is 2. The Morgan fingerprint density at radius 1 is 1.18 bits per heavy atom. The molecule has 1 amide bonds. The molecule has 0 unspecified atom stereocenters. The molecular weight excluding hydrogens is 406 g/mol. The number of aliphatic hydroxyl groups excluding tert-OH is 1. The normalized spacial score (nSPS) is 11.4. The van der Waals surface area contributed by atoms with Crippen LogP contribution < -0.4 is 14.8 Å². The summed E-state index contributed by atoms with van der Waals surface area (Å²) in [5, 5.41) is 11.8. The largest absolute Gasteiger partial charge is 0.493 e. The molecule has 0 saturated carbocycles. The van der Waals surface area contributed by atoms with Gasteiger partial charge in [-0.3, -0.25) is 4.79 Å². The third-order valence-electron chi connectivity index (χ3n) is 3.72. The van der Waals surface area contributed by atoms with Gasteiger partial charge < -0.3 is 19.9 Å². The molecule has 0 heterocycles. The standard InChI is InChI=1S/C19H20ClNO6S/c1-26-17-12-13(11-16(20)19(17)27-2)3-8-18(23)21-14-4-6-15(7-5-14)28(24,25)10-9-22/h3-8,11-12,22H,9-10H2,1-2H3,(H,21,23)/b8-3+. The second kappa shape index (κ2) is 9.59. The number of carbonyl (C=O) groups excluding carboxylic acids is 1. The first-order valence-electron chi connectivity index (χ1n) is 8.15. The maximum absolute atomic E-state index is 12.1. The van der Waals surface area contributed by atoms with Crippen molar-refractivity contribution in [1.82, 2.24) is 0 Å². The van der Waals surface area contributed by atoms with E-state index in [1.54, 1.807) is 18.2 Å². The smallest absolute Gasteiger partial charge is 0.248 e. The lowest BCUT2D eigenvalue weighted by molar-refractivity contribution is -0.111. The minimum atomic E-state index is -3.53. The minimum absolute atomic E-state index is 0.0788. The maximum atomic E-state index is 12.1. The molecule has 0 fully saturated rings. The van der Waals surface area contributed by atoms with Gasteiger partial charge in [-0.15, -0.1) is 0 Å². The molecule has 2 aromatic carbocycles. The molecular formula is C19H20ClNO6S. The molecule has 2 aromatic rings. The Morgan fingerprint density at radius 2 is 1.86 bits per heavy atom. The fraction of sp³-hybridized carbons (Fsp3) is 0.211. The fourth-order valence-electron chi connectivity index (χ4n) is 2.37. The highest BCUT2D eigenvalue weighted by atomic mass is 35.5. The first-order valence-corrected chi connectivity index (χ1v) is 10.2. The van der Waals surface area contributed by atoms with Crippen molar-refractivity contribution in [3.05, 3.63) is 53.1 Å². The van der Waals surface area contributed by atoms with Gasteiger partial charge >= 0.3 is 0 Å². The van der Waals surface area contributed by atoms with Crippen LogP contribution in [-0.2, 0) is 14.6 Å². The lowest BCUT2D eigenvalue weighted by atomic mass is 10.2. The number of benzene rings is 2. The number of amides is 1. The Labute approximate surface area is 168 Å². The van der Waals surface area contributed by atoms with Gasteiger partial charge in [-0.25, -0.2) is 8.42 Å². The Kier molecular flexibility index (Phi) is 7.45. The van der Waals surface area contributed by atoms with Crippen LogP contribution in [0.3, 0.4) is 0 Å². The van der Waals surface area contributed by atoms with Gasteiger partial charge in [-0.1, -0.05) is 11.6 Å². The molecule has 0 aliphatic carbocycles. The zero-order chi connectivity index (χ0) is 20.7. The maximum Gasteiger partial charge on any atom is 0.248 e. The van der Waals surface area contributed by atoms with Crippen molar-refractivity contribution < 1.29 is 27.8 Å². The highest BCUT2D eigenvalue weighted by molar-refractivity contribution is 7.91. The van der Waals surface area contributed by atoms with E-state index < -0.39 is 22.4 Å². The summed E-state index contributed by atoms with van der Waals surface area (Å²) in [7, 11) is -0.566. The third kappa shape index (κ3) is 5.48. The summed E-state index contributed by atoms with van der Waals surface area (Å²) in [6.45, 7) is -0.453. The van der Waals surface area contributed by atoms with Gasteiger partial charge in [0.05, 0.1) is 36.5 Å². The topological polar surface area (TPSA) is 102 Å². The SMILES string of the molecule is COc1cc(/C=C/C(=O)Nc2ccc(S(=O)(=O)CCO)cc2)cc(Cl)c1OC. The van der Waals surface area contributed by atoms with Crippen LogP contribution in [0, 0.1) is 0 Å². The van der Waals surface area contributed by atoms with Gasteiger partial charge in [0, 0.05) is 11.8 Å². The second-order valence-electron chi connectivity index (χ2n) is 5.63. The zero-order valence-corrected chi connectivity index (χ0v) is 16.9. The minimum Gasteiger partial charge on any atom is -0.493 e. The molecule has 0 atom stereocenters. The van der Waals surface area contributed by atoms with Crippen LogP contribution in [0.25, 0.3) is 6.08 Å². The van der Waals surface area contributed by atoms with Gasteiger partial charge in [-0.05, 0) is 48.0 Å². The number of hydrogen-bond acceptors (Lipinski definition) is 6. The molecule has 7 nitrogen and oxygen atoms in total. The van der Waals surface area contributed by atoms with Crippen LogP contribution in [0.1, 0.15) is 5.56 Å². The van der Waals surface area contributed by atoms with Crippen molar-refractivity contribution in [2.24, 2.45) is 0 Å². The van der Waals surface area contributed by atoms with E-state index in [0.717, 1.165) is 0 Å². The number of rotatable bonds is 8. The van der Waals surface area contributed by atoms with Crippen molar-refractivity contribution in [3.8, 4) is 11.5 Å². The molecule has 0 saturated heterocycles. The van der Waals surface area contributed by atoms with Crippen LogP contribution in [0.5, 0.6) is 11.5 Å².